The highest BCUT2D eigenvalue weighted by Gasteiger charge is 2.19. The summed E-state index contributed by atoms with van der Waals surface area (Å²) in [5, 5.41) is 7.40. The average molecular weight is 206 g/mol. The van der Waals surface area contributed by atoms with E-state index in [1.54, 1.807) is 13.2 Å². The zero-order valence-corrected chi connectivity index (χ0v) is 9.72. The van der Waals surface area contributed by atoms with Crippen LogP contribution in [-0.4, -0.2) is 12.9 Å². The molecule has 0 amide bonds. The minimum absolute atomic E-state index is 0.0171. The fourth-order valence-electron chi connectivity index (χ4n) is 1.46. The van der Waals surface area contributed by atoms with Gasteiger partial charge in [-0.25, -0.2) is 0 Å². The number of amidine groups is 1. The van der Waals surface area contributed by atoms with Gasteiger partial charge in [0.05, 0.1) is 7.11 Å². The zero-order valence-electron chi connectivity index (χ0n) is 9.72. The average Bonchev–Trinajstić information content (AvgIpc) is 2.15. The standard InChI is InChI=1S/C12H18N2O/c1-12(2,3)9-7-8(11(13)14)5-6-10(9)15-4/h5-7H,1-4H3,(H3,13,14). The van der Waals surface area contributed by atoms with E-state index in [9.17, 15) is 0 Å². The molecule has 0 atom stereocenters. The Hall–Kier alpha value is -1.51. The van der Waals surface area contributed by atoms with Gasteiger partial charge in [0.15, 0.2) is 0 Å². The molecule has 1 rings (SSSR count). The van der Waals surface area contributed by atoms with Gasteiger partial charge in [0.2, 0.25) is 0 Å². The van der Waals surface area contributed by atoms with Crippen molar-refractivity contribution in [1.29, 1.82) is 5.41 Å². The summed E-state index contributed by atoms with van der Waals surface area (Å²) in [6.07, 6.45) is 0. The summed E-state index contributed by atoms with van der Waals surface area (Å²) in [5.41, 5.74) is 7.25. The number of ether oxygens (including phenoxy) is 1. The van der Waals surface area contributed by atoms with Gasteiger partial charge in [-0.05, 0) is 23.6 Å². The van der Waals surface area contributed by atoms with E-state index in [2.05, 4.69) is 20.8 Å². The van der Waals surface area contributed by atoms with Gasteiger partial charge in [0.25, 0.3) is 0 Å². The van der Waals surface area contributed by atoms with Gasteiger partial charge >= 0.3 is 0 Å². The first kappa shape index (κ1) is 11.6. The summed E-state index contributed by atoms with van der Waals surface area (Å²) in [7, 11) is 1.65. The molecule has 0 spiro atoms. The maximum Gasteiger partial charge on any atom is 0.122 e. The van der Waals surface area contributed by atoms with Crippen molar-refractivity contribution >= 4 is 5.84 Å². The SMILES string of the molecule is COc1ccc(C(=N)N)cc1C(C)(C)C. The Morgan fingerprint density at radius 3 is 2.33 bits per heavy atom. The summed E-state index contributed by atoms with van der Waals surface area (Å²) in [5.74, 6) is 0.927. The fourth-order valence-corrected chi connectivity index (χ4v) is 1.46. The minimum Gasteiger partial charge on any atom is -0.496 e. The molecule has 0 unspecified atom stereocenters. The fraction of sp³-hybridized carbons (Fsp3) is 0.417. The number of nitrogen functional groups attached to an aromatic ring is 1. The number of hydrogen-bond acceptors (Lipinski definition) is 2. The normalized spacial score (nSPS) is 11.2. The van der Waals surface area contributed by atoms with Crippen LogP contribution in [-0.2, 0) is 5.41 Å². The van der Waals surface area contributed by atoms with Gasteiger partial charge in [-0.15, -0.1) is 0 Å². The smallest absolute Gasteiger partial charge is 0.122 e. The predicted molar refractivity (Wildman–Crippen MR) is 62.7 cm³/mol. The number of rotatable bonds is 2. The van der Waals surface area contributed by atoms with Crippen LogP contribution in [0.2, 0.25) is 0 Å². The molecular weight excluding hydrogens is 188 g/mol. The summed E-state index contributed by atoms with van der Waals surface area (Å²) < 4.78 is 5.30. The van der Waals surface area contributed by atoms with Crippen molar-refractivity contribution in [3.05, 3.63) is 29.3 Å². The van der Waals surface area contributed by atoms with Crippen LogP contribution in [0.3, 0.4) is 0 Å². The topological polar surface area (TPSA) is 59.1 Å². The maximum atomic E-state index is 7.40. The number of nitrogens with one attached hydrogen (secondary N) is 1. The highest BCUT2D eigenvalue weighted by atomic mass is 16.5. The highest BCUT2D eigenvalue weighted by molar-refractivity contribution is 5.95. The first-order valence-electron chi connectivity index (χ1n) is 4.89. The van der Waals surface area contributed by atoms with Crippen molar-refractivity contribution in [2.45, 2.75) is 26.2 Å². The molecule has 0 heterocycles. The van der Waals surface area contributed by atoms with Gasteiger partial charge < -0.3 is 10.5 Å². The van der Waals surface area contributed by atoms with Crippen molar-refractivity contribution in [1.82, 2.24) is 0 Å². The van der Waals surface area contributed by atoms with Crippen molar-refractivity contribution in [3.63, 3.8) is 0 Å². The third-order valence-corrected chi connectivity index (χ3v) is 2.32. The second-order valence-corrected chi connectivity index (χ2v) is 4.58. The number of nitrogens with two attached hydrogens (primary N) is 1. The summed E-state index contributed by atoms with van der Waals surface area (Å²) in [4.78, 5) is 0. The second kappa shape index (κ2) is 3.93. The molecule has 3 N–H and O–H groups in total. The van der Waals surface area contributed by atoms with E-state index in [4.69, 9.17) is 15.9 Å². The lowest BCUT2D eigenvalue weighted by atomic mass is 9.85. The molecule has 0 bridgehead atoms. The Kier molecular flexibility index (Phi) is 3.03. The van der Waals surface area contributed by atoms with Crippen LogP contribution in [0.5, 0.6) is 5.75 Å². The first-order chi connectivity index (χ1) is 6.86. The maximum absolute atomic E-state index is 7.40. The molecule has 0 aliphatic carbocycles. The monoisotopic (exact) mass is 206 g/mol. The van der Waals surface area contributed by atoms with Crippen LogP contribution in [0, 0.1) is 5.41 Å². The number of methoxy groups -OCH3 is 1. The van der Waals surface area contributed by atoms with Crippen LogP contribution in [0.15, 0.2) is 18.2 Å². The zero-order chi connectivity index (χ0) is 11.6. The number of hydrogen-bond donors (Lipinski definition) is 2. The van der Waals surface area contributed by atoms with E-state index in [-0.39, 0.29) is 11.3 Å². The van der Waals surface area contributed by atoms with Gasteiger partial charge in [-0.1, -0.05) is 20.8 Å². The highest BCUT2D eigenvalue weighted by Crippen LogP contribution is 2.31. The van der Waals surface area contributed by atoms with E-state index in [0.717, 1.165) is 16.9 Å². The Labute approximate surface area is 90.8 Å². The molecule has 15 heavy (non-hydrogen) atoms. The van der Waals surface area contributed by atoms with Crippen LogP contribution < -0.4 is 10.5 Å². The molecule has 1 aromatic carbocycles. The van der Waals surface area contributed by atoms with E-state index in [0.29, 0.717) is 0 Å². The first-order valence-corrected chi connectivity index (χ1v) is 4.89. The molecule has 1 aromatic rings. The molecule has 3 nitrogen and oxygen atoms in total. The third-order valence-electron chi connectivity index (χ3n) is 2.32. The predicted octanol–water partition coefficient (Wildman–Crippen LogP) is 2.28. The third kappa shape index (κ3) is 2.49. The van der Waals surface area contributed by atoms with Crippen molar-refractivity contribution in [2.24, 2.45) is 5.73 Å². The molecule has 3 heteroatoms. The molecule has 0 saturated heterocycles. The van der Waals surface area contributed by atoms with Crippen LogP contribution in [0.4, 0.5) is 0 Å². The van der Waals surface area contributed by atoms with Crippen molar-refractivity contribution < 1.29 is 4.74 Å². The number of benzene rings is 1. The van der Waals surface area contributed by atoms with Gasteiger partial charge in [-0.3, -0.25) is 5.41 Å². The van der Waals surface area contributed by atoms with Gasteiger partial charge in [0, 0.05) is 11.1 Å². The molecule has 0 saturated carbocycles. The lowest BCUT2D eigenvalue weighted by Gasteiger charge is -2.22. The molecular formula is C12H18N2O. The Bertz CT molecular complexity index is 378. The van der Waals surface area contributed by atoms with Crippen LogP contribution in [0.25, 0.3) is 0 Å². The largest absolute Gasteiger partial charge is 0.496 e. The van der Waals surface area contributed by atoms with Crippen LogP contribution in [0.1, 0.15) is 31.9 Å². The Balaban J connectivity index is 3.32. The van der Waals surface area contributed by atoms with E-state index < -0.39 is 0 Å². The quantitative estimate of drug-likeness (QED) is 0.576. The van der Waals surface area contributed by atoms with Crippen molar-refractivity contribution in [3.8, 4) is 5.75 Å². The molecule has 0 aliphatic heterocycles. The Morgan fingerprint density at radius 1 is 1.33 bits per heavy atom. The van der Waals surface area contributed by atoms with Gasteiger partial charge in [0.1, 0.15) is 11.6 Å². The minimum atomic E-state index is -0.0171. The summed E-state index contributed by atoms with van der Waals surface area (Å²) in [6.45, 7) is 6.32. The summed E-state index contributed by atoms with van der Waals surface area (Å²) >= 11 is 0. The molecule has 82 valence electrons. The second-order valence-electron chi connectivity index (χ2n) is 4.58. The van der Waals surface area contributed by atoms with E-state index in [1.807, 2.05) is 12.1 Å². The van der Waals surface area contributed by atoms with E-state index in [1.165, 1.54) is 0 Å². The van der Waals surface area contributed by atoms with Crippen molar-refractivity contribution in [2.75, 3.05) is 7.11 Å². The van der Waals surface area contributed by atoms with Gasteiger partial charge in [-0.2, -0.15) is 0 Å². The molecule has 0 radical (unpaired) electrons. The lowest BCUT2D eigenvalue weighted by molar-refractivity contribution is 0.397. The molecule has 0 aromatic heterocycles. The van der Waals surface area contributed by atoms with E-state index >= 15 is 0 Å². The Morgan fingerprint density at radius 2 is 1.93 bits per heavy atom. The summed E-state index contributed by atoms with van der Waals surface area (Å²) in [6, 6.07) is 5.58. The lowest BCUT2D eigenvalue weighted by Crippen LogP contribution is -2.16. The molecule has 0 aliphatic rings. The van der Waals surface area contributed by atoms with Crippen LogP contribution >= 0.6 is 0 Å². The molecule has 0 fully saturated rings.